The number of thiophene rings is 1. The predicted octanol–water partition coefficient (Wildman–Crippen LogP) is 4.37. The minimum atomic E-state index is -0.0258. The van der Waals surface area contributed by atoms with Gasteiger partial charge in [-0.2, -0.15) is 0 Å². The predicted molar refractivity (Wildman–Crippen MR) is 83.9 cm³/mol. The molecule has 1 heterocycles. The normalized spacial score (nSPS) is 10.3. The average Bonchev–Trinajstić information content (AvgIpc) is 2.92. The van der Waals surface area contributed by atoms with Crippen molar-refractivity contribution in [2.45, 2.75) is 19.3 Å². The van der Waals surface area contributed by atoms with Crippen molar-refractivity contribution in [1.82, 2.24) is 0 Å². The zero-order valence-electron chi connectivity index (χ0n) is 11.2. The summed E-state index contributed by atoms with van der Waals surface area (Å²) in [5.74, 6) is 0.586. The molecule has 1 aromatic heterocycles. The van der Waals surface area contributed by atoms with Gasteiger partial charge in [0, 0.05) is 16.3 Å². The lowest BCUT2D eigenvalue weighted by atomic mass is 10.2. The lowest BCUT2D eigenvalue weighted by molar-refractivity contribution is -0.116. The van der Waals surface area contributed by atoms with Crippen molar-refractivity contribution < 1.29 is 9.53 Å². The standard InChI is InChI=1S/C15H16ClNO2S/c1-19-14-8-7-11(16)10-13(14)17-15(18)6-2-4-12-5-3-9-20-12/h3,5,7-10H,2,4,6H2,1H3,(H,17,18). The number of rotatable bonds is 6. The van der Waals surface area contributed by atoms with E-state index < -0.39 is 0 Å². The molecule has 106 valence electrons. The summed E-state index contributed by atoms with van der Waals surface area (Å²) in [5, 5.41) is 5.45. The largest absolute Gasteiger partial charge is 0.495 e. The van der Waals surface area contributed by atoms with E-state index in [-0.39, 0.29) is 5.91 Å². The van der Waals surface area contributed by atoms with Gasteiger partial charge in [-0.1, -0.05) is 17.7 Å². The maximum Gasteiger partial charge on any atom is 0.224 e. The van der Waals surface area contributed by atoms with Crippen LogP contribution in [0.1, 0.15) is 17.7 Å². The van der Waals surface area contributed by atoms with E-state index in [0.29, 0.717) is 22.9 Å². The highest BCUT2D eigenvalue weighted by atomic mass is 35.5. The first kappa shape index (κ1) is 14.9. The Labute approximate surface area is 127 Å². The summed E-state index contributed by atoms with van der Waals surface area (Å²) in [4.78, 5) is 13.2. The van der Waals surface area contributed by atoms with Crippen LogP contribution in [-0.4, -0.2) is 13.0 Å². The maximum atomic E-state index is 11.9. The fourth-order valence-electron chi connectivity index (χ4n) is 1.87. The van der Waals surface area contributed by atoms with Gasteiger partial charge >= 0.3 is 0 Å². The SMILES string of the molecule is COc1ccc(Cl)cc1NC(=O)CCCc1cccs1. The summed E-state index contributed by atoms with van der Waals surface area (Å²) in [6, 6.07) is 9.27. The van der Waals surface area contributed by atoms with Crippen molar-refractivity contribution in [3.63, 3.8) is 0 Å². The van der Waals surface area contributed by atoms with E-state index >= 15 is 0 Å². The Morgan fingerprint density at radius 3 is 2.95 bits per heavy atom. The van der Waals surface area contributed by atoms with Crippen LogP contribution in [0.5, 0.6) is 5.75 Å². The van der Waals surface area contributed by atoms with Crippen molar-refractivity contribution in [3.05, 3.63) is 45.6 Å². The van der Waals surface area contributed by atoms with Crippen LogP contribution < -0.4 is 10.1 Å². The van der Waals surface area contributed by atoms with Gasteiger partial charge in [0.2, 0.25) is 5.91 Å². The third kappa shape index (κ3) is 4.25. The monoisotopic (exact) mass is 309 g/mol. The second-order valence-electron chi connectivity index (χ2n) is 4.33. The molecule has 0 unspecified atom stereocenters. The van der Waals surface area contributed by atoms with E-state index in [1.165, 1.54) is 4.88 Å². The van der Waals surface area contributed by atoms with Crippen LogP contribution in [0.25, 0.3) is 0 Å². The molecule has 0 aliphatic heterocycles. The van der Waals surface area contributed by atoms with Crippen molar-refractivity contribution in [2.75, 3.05) is 12.4 Å². The van der Waals surface area contributed by atoms with Crippen LogP contribution in [0.4, 0.5) is 5.69 Å². The molecule has 2 aromatic rings. The van der Waals surface area contributed by atoms with Crippen LogP contribution in [0.3, 0.4) is 0 Å². The minimum Gasteiger partial charge on any atom is -0.495 e. The van der Waals surface area contributed by atoms with E-state index in [2.05, 4.69) is 11.4 Å². The van der Waals surface area contributed by atoms with Crippen molar-refractivity contribution in [1.29, 1.82) is 0 Å². The number of halogens is 1. The van der Waals surface area contributed by atoms with Gasteiger partial charge in [0.15, 0.2) is 0 Å². The van der Waals surface area contributed by atoms with E-state index in [1.807, 2.05) is 11.4 Å². The molecule has 0 fully saturated rings. The Kier molecular flexibility index (Phi) is 5.44. The molecule has 1 aromatic carbocycles. The first-order valence-electron chi connectivity index (χ1n) is 6.35. The zero-order chi connectivity index (χ0) is 14.4. The molecule has 2 rings (SSSR count). The molecule has 20 heavy (non-hydrogen) atoms. The summed E-state index contributed by atoms with van der Waals surface area (Å²) in [6.07, 6.45) is 2.24. The van der Waals surface area contributed by atoms with Gasteiger partial charge in [-0.25, -0.2) is 0 Å². The van der Waals surface area contributed by atoms with Crippen LogP contribution >= 0.6 is 22.9 Å². The number of ether oxygens (including phenoxy) is 1. The van der Waals surface area contributed by atoms with Gasteiger partial charge in [-0.05, 0) is 42.5 Å². The van der Waals surface area contributed by atoms with E-state index in [4.69, 9.17) is 16.3 Å². The summed E-state index contributed by atoms with van der Waals surface area (Å²) in [7, 11) is 1.57. The Hall–Kier alpha value is -1.52. The first-order valence-corrected chi connectivity index (χ1v) is 7.60. The van der Waals surface area contributed by atoms with Crippen LogP contribution in [-0.2, 0) is 11.2 Å². The number of nitrogens with one attached hydrogen (secondary N) is 1. The van der Waals surface area contributed by atoms with Gasteiger partial charge in [-0.3, -0.25) is 4.79 Å². The summed E-state index contributed by atoms with van der Waals surface area (Å²) in [5.41, 5.74) is 0.612. The smallest absolute Gasteiger partial charge is 0.224 e. The molecule has 1 amide bonds. The van der Waals surface area contributed by atoms with E-state index in [0.717, 1.165) is 12.8 Å². The van der Waals surface area contributed by atoms with Gasteiger partial charge in [0.05, 0.1) is 12.8 Å². The second kappa shape index (κ2) is 7.31. The molecular formula is C15H16ClNO2S. The summed E-state index contributed by atoms with van der Waals surface area (Å²) >= 11 is 7.64. The van der Waals surface area contributed by atoms with Gasteiger partial charge < -0.3 is 10.1 Å². The van der Waals surface area contributed by atoms with Crippen LogP contribution in [0, 0.1) is 0 Å². The molecule has 5 heteroatoms. The number of carbonyl (C=O) groups is 1. The van der Waals surface area contributed by atoms with Gasteiger partial charge in [0.25, 0.3) is 0 Å². The summed E-state index contributed by atoms with van der Waals surface area (Å²) < 4.78 is 5.19. The van der Waals surface area contributed by atoms with E-state index in [1.54, 1.807) is 36.6 Å². The lowest BCUT2D eigenvalue weighted by Crippen LogP contribution is -2.12. The lowest BCUT2D eigenvalue weighted by Gasteiger charge is -2.10. The first-order chi connectivity index (χ1) is 9.69. The Morgan fingerprint density at radius 2 is 2.25 bits per heavy atom. The highest BCUT2D eigenvalue weighted by Crippen LogP contribution is 2.27. The maximum absolute atomic E-state index is 11.9. The number of hydrogen-bond acceptors (Lipinski definition) is 3. The molecular weight excluding hydrogens is 294 g/mol. The topological polar surface area (TPSA) is 38.3 Å². The van der Waals surface area contributed by atoms with Gasteiger partial charge in [0.1, 0.15) is 5.75 Å². The minimum absolute atomic E-state index is 0.0258. The Balaban J connectivity index is 1.86. The Morgan fingerprint density at radius 1 is 1.40 bits per heavy atom. The molecule has 0 aliphatic rings. The van der Waals surface area contributed by atoms with Crippen molar-refractivity contribution in [3.8, 4) is 5.75 Å². The number of amides is 1. The number of benzene rings is 1. The molecule has 0 saturated heterocycles. The third-order valence-electron chi connectivity index (χ3n) is 2.84. The highest BCUT2D eigenvalue weighted by molar-refractivity contribution is 7.09. The van der Waals surface area contributed by atoms with Crippen LogP contribution in [0.15, 0.2) is 35.7 Å². The molecule has 0 radical (unpaired) electrons. The molecule has 0 aliphatic carbocycles. The summed E-state index contributed by atoms with van der Waals surface area (Å²) in [6.45, 7) is 0. The van der Waals surface area contributed by atoms with E-state index in [9.17, 15) is 4.79 Å². The van der Waals surface area contributed by atoms with Crippen molar-refractivity contribution >= 4 is 34.5 Å². The molecule has 0 atom stereocenters. The zero-order valence-corrected chi connectivity index (χ0v) is 12.8. The van der Waals surface area contributed by atoms with Gasteiger partial charge in [-0.15, -0.1) is 11.3 Å². The molecule has 0 bridgehead atoms. The number of anilines is 1. The number of carbonyl (C=O) groups excluding carboxylic acids is 1. The molecule has 1 N–H and O–H groups in total. The van der Waals surface area contributed by atoms with Crippen molar-refractivity contribution in [2.24, 2.45) is 0 Å². The number of aryl methyl sites for hydroxylation is 1. The quantitative estimate of drug-likeness (QED) is 0.860. The second-order valence-corrected chi connectivity index (χ2v) is 5.79. The number of methoxy groups -OCH3 is 1. The molecule has 0 saturated carbocycles. The average molecular weight is 310 g/mol. The fraction of sp³-hybridized carbons (Fsp3) is 0.267. The third-order valence-corrected chi connectivity index (χ3v) is 4.01. The number of hydrogen-bond donors (Lipinski definition) is 1. The molecule has 0 spiro atoms. The fourth-order valence-corrected chi connectivity index (χ4v) is 2.79. The highest BCUT2D eigenvalue weighted by Gasteiger charge is 2.08. The Bertz CT molecular complexity index is 569. The van der Waals surface area contributed by atoms with Crippen LogP contribution in [0.2, 0.25) is 5.02 Å². The molecule has 3 nitrogen and oxygen atoms in total.